The summed E-state index contributed by atoms with van der Waals surface area (Å²) in [7, 11) is 1.59. The summed E-state index contributed by atoms with van der Waals surface area (Å²) in [5.41, 5.74) is 3.22. The molecule has 0 saturated heterocycles. The molecule has 1 N–H and O–H groups in total. The minimum absolute atomic E-state index is 0.0166. The lowest BCUT2D eigenvalue weighted by Crippen LogP contribution is -2.16. The van der Waals surface area contributed by atoms with E-state index in [1.165, 1.54) is 0 Å². The van der Waals surface area contributed by atoms with Crippen LogP contribution in [0.2, 0.25) is 0 Å². The molecule has 0 fully saturated rings. The molecule has 19 heavy (non-hydrogen) atoms. The van der Waals surface area contributed by atoms with Gasteiger partial charge >= 0.3 is 5.97 Å². The number of ketones is 1. The first-order chi connectivity index (χ1) is 8.79. The van der Waals surface area contributed by atoms with Gasteiger partial charge in [-0.05, 0) is 43.5 Å². The molecule has 4 nitrogen and oxygen atoms in total. The second-order valence-electron chi connectivity index (χ2n) is 4.89. The lowest BCUT2D eigenvalue weighted by Gasteiger charge is -2.16. The first-order valence-corrected chi connectivity index (χ1v) is 6.20. The molecule has 4 heteroatoms. The number of rotatable bonds is 5. The highest BCUT2D eigenvalue weighted by Crippen LogP contribution is 2.28. The first-order valence-electron chi connectivity index (χ1n) is 6.20. The van der Waals surface area contributed by atoms with E-state index in [0.717, 1.165) is 22.4 Å². The smallest absolute Gasteiger partial charge is 0.306 e. The lowest BCUT2D eigenvalue weighted by molar-refractivity contribution is -0.141. The van der Waals surface area contributed by atoms with Crippen LogP contribution in [0.25, 0.3) is 0 Å². The van der Waals surface area contributed by atoms with E-state index in [0.29, 0.717) is 5.56 Å². The summed E-state index contributed by atoms with van der Waals surface area (Å²) < 4.78 is 5.26. The van der Waals surface area contributed by atoms with Crippen LogP contribution < -0.4 is 4.74 Å². The fourth-order valence-corrected chi connectivity index (χ4v) is 2.15. The third-order valence-electron chi connectivity index (χ3n) is 3.46. The topological polar surface area (TPSA) is 63.6 Å². The summed E-state index contributed by atoms with van der Waals surface area (Å²) in [6.45, 7) is 7.14. The van der Waals surface area contributed by atoms with E-state index in [1.54, 1.807) is 14.0 Å². The van der Waals surface area contributed by atoms with E-state index < -0.39 is 11.9 Å². The fourth-order valence-electron chi connectivity index (χ4n) is 2.15. The van der Waals surface area contributed by atoms with Crippen molar-refractivity contribution < 1.29 is 19.4 Å². The number of Topliss-reactive ketones (excluding diaryl/α,β-unsaturated/α-hetero) is 1. The summed E-state index contributed by atoms with van der Waals surface area (Å²) in [5.74, 6) is -1.00. The van der Waals surface area contributed by atoms with Crippen molar-refractivity contribution in [1.82, 2.24) is 0 Å². The normalized spacial score (nSPS) is 12.1. The number of aliphatic carboxylic acids is 1. The van der Waals surface area contributed by atoms with Gasteiger partial charge in [-0.3, -0.25) is 9.59 Å². The van der Waals surface area contributed by atoms with Crippen LogP contribution in [0.5, 0.6) is 5.75 Å². The molecule has 0 spiro atoms. The number of methoxy groups -OCH3 is 1. The third-order valence-corrected chi connectivity index (χ3v) is 3.46. The van der Waals surface area contributed by atoms with Crippen molar-refractivity contribution in [2.24, 2.45) is 5.92 Å². The summed E-state index contributed by atoms with van der Waals surface area (Å²) >= 11 is 0. The summed E-state index contributed by atoms with van der Waals surface area (Å²) in [6.07, 6.45) is 0.0166. The molecule has 0 bridgehead atoms. The van der Waals surface area contributed by atoms with Crippen molar-refractivity contribution in [1.29, 1.82) is 0 Å². The SMILES string of the molecule is COc1cc(C)c(C(=O)CC(C)C(=O)O)c(C)c1C. The van der Waals surface area contributed by atoms with E-state index in [-0.39, 0.29) is 12.2 Å². The van der Waals surface area contributed by atoms with Gasteiger partial charge < -0.3 is 9.84 Å². The predicted molar refractivity (Wildman–Crippen MR) is 73.0 cm³/mol. The molecule has 0 aliphatic heterocycles. The molecule has 1 rings (SSSR count). The van der Waals surface area contributed by atoms with Crippen molar-refractivity contribution in [3.8, 4) is 5.75 Å². The van der Waals surface area contributed by atoms with Crippen LogP contribution >= 0.6 is 0 Å². The van der Waals surface area contributed by atoms with E-state index in [1.807, 2.05) is 26.8 Å². The van der Waals surface area contributed by atoms with Gasteiger partial charge in [0.15, 0.2) is 5.78 Å². The number of hydrogen-bond donors (Lipinski definition) is 1. The molecular weight excluding hydrogens is 244 g/mol. The molecule has 1 aromatic rings. The number of hydrogen-bond acceptors (Lipinski definition) is 3. The van der Waals surface area contributed by atoms with Crippen LogP contribution in [-0.2, 0) is 4.79 Å². The maximum absolute atomic E-state index is 12.2. The Morgan fingerprint density at radius 3 is 2.32 bits per heavy atom. The van der Waals surface area contributed by atoms with Crippen molar-refractivity contribution in [2.45, 2.75) is 34.1 Å². The number of aryl methyl sites for hydroxylation is 1. The average Bonchev–Trinajstić information content (AvgIpc) is 2.33. The van der Waals surface area contributed by atoms with Crippen LogP contribution in [0.1, 0.15) is 40.4 Å². The minimum Gasteiger partial charge on any atom is -0.496 e. The zero-order valence-electron chi connectivity index (χ0n) is 12.0. The third kappa shape index (κ3) is 3.13. The molecule has 104 valence electrons. The second-order valence-corrected chi connectivity index (χ2v) is 4.89. The number of carbonyl (C=O) groups excluding carboxylic acids is 1. The maximum Gasteiger partial charge on any atom is 0.306 e. The molecule has 1 atom stereocenters. The van der Waals surface area contributed by atoms with E-state index >= 15 is 0 Å². The molecule has 0 aliphatic rings. The number of carboxylic acids is 1. The van der Waals surface area contributed by atoms with E-state index in [4.69, 9.17) is 9.84 Å². The maximum atomic E-state index is 12.2. The van der Waals surface area contributed by atoms with Crippen LogP contribution in [0, 0.1) is 26.7 Å². The van der Waals surface area contributed by atoms with Gasteiger partial charge in [-0.15, -0.1) is 0 Å². The van der Waals surface area contributed by atoms with Gasteiger partial charge in [0.25, 0.3) is 0 Å². The Labute approximate surface area is 113 Å². The highest BCUT2D eigenvalue weighted by molar-refractivity contribution is 6.00. The van der Waals surface area contributed by atoms with Gasteiger partial charge in [0.05, 0.1) is 13.0 Å². The van der Waals surface area contributed by atoms with Gasteiger partial charge in [-0.1, -0.05) is 6.92 Å². The quantitative estimate of drug-likeness (QED) is 0.830. The van der Waals surface area contributed by atoms with Gasteiger partial charge in [-0.25, -0.2) is 0 Å². The Hall–Kier alpha value is -1.84. The second kappa shape index (κ2) is 5.87. The zero-order chi connectivity index (χ0) is 14.7. The van der Waals surface area contributed by atoms with E-state index in [9.17, 15) is 9.59 Å². The largest absolute Gasteiger partial charge is 0.496 e. The minimum atomic E-state index is -0.950. The molecular formula is C15H20O4. The van der Waals surface area contributed by atoms with Crippen molar-refractivity contribution >= 4 is 11.8 Å². The van der Waals surface area contributed by atoms with Crippen molar-refractivity contribution in [3.05, 3.63) is 28.3 Å². The molecule has 1 aromatic carbocycles. The van der Waals surface area contributed by atoms with Crippen LogP contribution in [0.4, 0.5) is 0 Å². The Kier molecular flexibility index (Phi) is 4.70. The van der Waals surface area contributed by atoms with Gasteiger partial charge in [-0.2, -0.15) is 0 Å². The molecule has 1 unspecified atom stereocenters. The number of ether oxygens (including phenoxy) is 1. The highest BCUT2D eigenvalue weighted by Gasteiger charge is 2.21. The molecule has 0 amide bonds. The highest BCUT2D eigenvalue weighted by atomic mass is 16.5. The summed E-state index contributed by atoms with van der Waals surface area (Å²) in [5, 5.41) is 8.88. The number of benzene rings is 1. The monoisotopic (exact) mass is 264 g/mol. The number of carbonyl (C=O) groups is 2. The summed E-state index contributed by atoms with van der Waals surface area (Å²) in [6, 6.07) is 1.82. The predicted octanol–water partition coefficient (Wildman–Crippen LogP) is 2.91. The molecule has 0 aliphatic carbocycles. The molecule has 0 radical (unpaired) electrons. The molecule has 0 aromatic heterocycles. The van der Waals surface area contributed by atoms with Gasteiger partial charge in [0.1, 0.15) is 5.75 Å². The lowest BCUT2D eigenvalue weighted by atomic mass is 9.90. The molecule has 0 saturated carbocycles. The first kappa shape index (κ1) is 15.2. The van der Waals surface area contributed by atoms with E-state index in [2.05, 4.69) is 0 Å². The zero-order valence-corrected chi connectivity index (χ0v) is 12.0. The Morgan fingerprint density at radius 1 is 1.26 bits per heavy atom. The Balaban J connectivity index is 3.17. The van der Waals surface area contributed by atoms with Crippen LogP contribution in [-0.4, -0.2) is 24.0 Å². The Bertz CT molecular complexity index is 517. The fraction of sp³-hybridized carbons (Fsp3) is 0.467. The van der Waals surface area contributed by atoms with Crippen LogP contribution in [0.3, 0.4) is 0 Å². The average molecular weight is 264 g/mol. The van der Waals surface area contributed by atoms with Gasteiger partial charge in [0, 0.05) is 12.0 Å². The molecule has 0 heterocycles. The Morgan fingerprint density at radius 2 is 1.84 bits per heavy atom. The van der Waals surface area contributed by atoms with Crippen LogP contribution in [0.15, 0.2) is 6.07 Å². The van der Waals surface area contributed by atoms with Crippen molar-refractivity contribution in [2.75, 3.05) is 7.11 Å². The number of carboxylic acid groups (broad SMARTS) is 1. The van der Waals surface area contributed by atoms with Crippen molar-refractivity contribution in [3.63, 3.8) is 0 Å². The summed E-state index contributed by atoms with van der Waals surface area (Å²) in [4.78, 5) is 23.1. The standard InChI is InChI=1S/C15H20O4/c1-8-7-13(19-5)10(3)11(4)14(8)12(16)6-9(2)15(17)18/h7,9H,6H2,1-5H3,(H,17,18). The van der Waals surface area contributed by atoms with Gasteiger partial charge in [0.2, 0.25) is 0 Å².